The molecule has 5 aromatic carbocycles. The third-order valence-electron chi connectivity index (χ3n) is 6.89. The minimum Gasteiger partial charge on any atom is -0.287 e. The van der Waals surface area contributed by atoms with Crippen molar-refractivity contribution in [1.29, 1.82) is 0 Å². The standard InChI is InChI=1S/C36H32OS/c1-27(37)38-36-25-23-35(24-26-36)34-21-17-31(18-22-34)14-12-29-9-7-28(8-10-29)11-13-30-15-19-33(20-16-30)32-5-3-2-4-6-32/h2-10,15-26H,11-14H2,1H3. The molecule has 0 saturated carbocycles. The van der Waals surface area contributed by atoms with Crippen LogP contribution in [-0.4, -0.2) is 5.12 Å². The summed E-state index contributed by atoms with van der Waals surface area (Å²) in [6.07, 6.45) is 4.18. The average molecular weight is 513 g/mol. The van der Waals surface area contributed by atoms with E-state index in [1.54, 1.807) is 6.92 Å². The van der Waals surface area contributed by atoms with Crippen LogP contribution in [0.15, 0.2) is 132 Å². The first kappa shape index (κ1) is 25.8. The van der Waals surface area contributed by atoms with Gasteiger partial charge in [-0.15, -0.1) is 0 Å². The lowest BCUT2D eigenvalue weighted by atomic mass is 9.98. The fraction of sp³-hybridized carbons (Fsp3) is 0.139. The minimum atomic E-state index is 0.113. The van der Waals surface area contributed by atoms with E-state index >= 15 is 0 Å². The highest BCUT2D eigenvalue weighted by atomic mass is 32.2. The zero-order valence-electron chi connectivity index (χ0n) is 21.8. The van der Waals surface area contributed by atoms with Gasteiger partial charge in [0.1, 0.15) is 0 Å². The molecule has 5 aromatic rings. The van der Waals surface area contributed by atoms with Crippen molar-refractivity contribution in [2.45, 2.75) is 37.5 Å². The first-order valence-electron chi connectivity index (χ1n) is 13.2. The Morgan fingerprint density at radius 2 is 0.763 bits per heavy atom. The van der Waals surface area contributed by atoms with Gasteiger partial charge < -0.3 is 0 Å². The van der Waals surface area contributed by atoms with Gasteiger partial charge in [-0.1, -0.05) is 127 Å². The van der Waals surface area contributed by atoms with Crippen molar-refractivity contribution in [2.75, 3.05) is 0 Å². The maximum atomic E-state index is 11.3. The fourth-order valence-electron chi connectivity index (χ4n) is 4.69. The third kappa shape index (κ3) is 7.12. The molecule has 0 aromatic heterocycles. The Balaban J connectivity index is 1.10. The first-order chi connectivity index (χ1) is 18.6. The number of hydrogen-bond acceptors (Lipinski definition) is 2. The van der Waals surface area contributed by atoms with Crippen LogP contribution in [0.5, 0.6) is 0 Å². The van der Waals surface area contributed by atoms with Crippen LogP contribution in [0.2, 0.25) is 0 Å². The molecule has 5 rings (SSSR count). The highest BCUT2D eigenvalue weighted by Gasteiger charge is 2.03. The van der Waals surface area contributed by atoms with Crippen LogP contribution in [0.1, 0.15) is 29.2 Å². The van der Waals surface area contributed by atoms with Gasteiger partial charge in [0.25, 0.3) is 0 Å². The van der Waals surface area contributed by atoms with Crippen molar-refractivity contribution in [1.82, 2.24) is 0 Å². The fourth-order valence-corrected chi connectivity index (χ4v) is 5.29. The van der Waals surface area contributed by atoms with Crippen LogP contribution in [0.25, 0.3) is 22.3 Å². The summed E-state index contributed by atoms with van der Waals surface area (Å²) in [4.78, 5) is 12.3. The van der Waals surface area contributed by atoms with Gasteiger partial charge in [0.15, 0.2) is 5.12 Å². The Kier molecular flexibility index (Phi) is 8.53. The van der Waals surface area contributed by atoms with Gasteiger partial charge in [-0.2, -0.15) is 0 Å². The van der Waals surface area contributed by atoms with Crippen LogP contribution in [0.4, 0.5) is 0 Å². The van der Waals surface area contributed by atoms with Gasteiger partial charge >= 0.3 is 0 Å². The van der Waals surface area contributed by atoms with Crippen LogP contribution in [0, 0.1) is 0 Å². The molecule has 0 radical (unpaired) electrons. The summed E-state index contributed by atoms with van der Waals surface area (Å²) in [5.74, 6) is 0. The summed E-state index contributed by atoms with van der Waals surface area (Å²) in [6.45, 7) is 1.60. The number of thioether (sulfide) groups is 1. The monoisotopic (exact) mass is 512 g/mol. The first-order valence-corrected chi connectivity index (χ1v) is 14.0. The topological polar surface area (TPSA) is 17.1 Å². The van der Waals surface area contributed by atoms with E-state index < -0.39 is 0 Å². The maximum absolute atomic E-state index is 11.3. The molecule has 0 amide bonds. The van der Waals surface area contributed by atoms with E-state index in [4.69, 9.17) is 0 Å². The summed E-state index contributed by atoms with van der Waals surface area (Å²) < 4.78 is 0. The SMILES string of the molecule is CC(=O)Sc1ccc(-c2ccc(CCc3ccc(CCc4ccc(-c5ccccc5)cc4)cc3)cc2)cc1. The van der Waals surface area contributed by atoms with E-state index in [0.717, 1.165) is 30.6 Å². The maximum Gasteiger partial charge on any atom is 0.190 e. The van der Waals surface area contributed by atoms with E-state index in [1.807, 2.05) is 12.1 Å². The van der Waals surface area contributed by atoms with Gasteiger partial charge in [0.05, 0.1) is 0 Å². The second-order valence-electron chi connectivity index (χ2n) is 9.69. The summed E-state index contributed by atoms with van der Waals surface area (Å²) in [5.41, 5.74) is 10.4. The molecule has 0 bridgehead atoms. The van der Waals surface area contributed by atoms with Gasteiger partial charge in [0.2, 0.25) is 0 Å². The molecule has 0 saturated heterocycles. The summed E-state index contributed by atoms with van der Waals surface area (Å²) in [7, 11) is 0. The van der Waals surface area contributed by atoms with Crippen molar-refractivity contribution in [3.8, 4) is 22.3 Å². The zero-order chi connectivity index (χ0) is 26.2. The van der Waals surface area contributed by atoms with Crippen LogP contribution >= 0.6 is 11.8 Å². The van der Waals surface area contributed by atoms with Crippen LogP contribution < -0.4 is 0 Å². The molecule has 0 spiro atoms. The predicted molar refractivity (Wildman–Crippen MR) is 162 cm³/mol. The Hall–Kier alpha value is -3.88. The smallest absolute Gasteiger partial charge is 0.190 e. The Bertz CT molecular complexity index is 1450. The Morgan fingerprint density at radius 3 is 1.13 bits per heavy atom. The number of hydrogen-bond donors (Lipinski definition) is 0. The largest absolute Gasteiger partial charge is 0.287 e. The predicted octanol–water partition coefficient (Wildman–Crippen LogP) is 9.23. The summed E-state index contributed by atoms with van der Waals surface area (Å²) in [6, 6.07) is 45.7. The van der Waals surface area contributed by atoms with E-state index in [1.165, 1.54) is 56.3 Å². The lowest BCUT2D eigenvalue weighted by molar-refractivity contribution is -0.109. The molecule has 0 heterocycles. The van der Waals surface area contributed by atoms with E-state index in [0.29, 0.717) is 0 Å². The van der Waals surface area contributed by atoms with Gasteiger partial charge in [-0.05, 0) is 82.3 Å². The lowest BCUT2D eigenvalue weighted by Gasteiger charge is -2.08. The van der Waals surface area contributed by atoms with Gasteiger partial charge in [0, 0.05) is 11.8 Å². The molecule has 0 atom stereocenters. The molecule has 0 N–H and O–H groups in total. The van der Waals surface area contributed by atoms with E-state index in [9.17, 15) is 4.79 Å². The molecule has 1 nitrogen and oxygen atoms in total. The number of benzene rings is 5. The number of carbonyl (C=O) groups is 1. The molecule has 0 fully saturated rings. The highest BCUT2D eigenvalue weighted by Crippen LogP contribution is 2.25. The number of carbonyl (C=O) groups excluding carboxylic acids is 1. The summed E-state index contributed by atoms with van der Waals surface area (Å²) in [5, 5.41) is 0.113. The van der Waals surface area contributed by atoms with Crippen molar-refractivity contribution in [2.24, 2.45) is 0 Å². The lowest BCUT2D eigenvalue weighted by Crippen LogP contribution is -1.94. The van der Waals surface area contributed by atoms with Crippen molar-refractivity contribution in [3.05, 3.63) is 150 Å². The van der Waals surface area contributed by atoms with Crippen molar-refractivity contribution in [3.63, 3.8) is 0 Å². The molecule has 188 valence electrons. The molecule has 0 aliphatic rings. The number of aryl methyl sites for hydroxylation is 4. The number of rotatable bonds is 9. The average Bonchev–Trinajstić information content (AvgIpc) is 2.97. The second-order valence-corrected chi connectivity index (χ2v) is 10.9. The van der Waals surface area contributed by atoms with E-state index in [2.05, 4.69) is 115 Å². The summed E-state index contributed by atoms with van der Waals surface area (Å²) >= 11 is 1.27. The van der Waals surface area contributed by atoms with Gasteiger partial charge in [-0.3, -0.25) is 4.79 Å². The van der Waals surface area contributed by atoms with Crippen molar-refractivity contribution < 1.29 is 4.79 Å². The molecule has 0 aliphatic carbocycles. The molecular formula is C36H32OS. The normalized spacial score (nSPS) is 10.9. The molecule has 0 aliphatic heterocycles. The third-order valence-corrected chi connectivity index (χ3v) is 7.69. The van der Waals surface area contributed by atoms with Crippen molar-refractivity contribution >= 4 is 16.9 Å². The molecule has 38 heavy (non-hydrogen) atoms. The quantitative estimate of drug-likeness (QED) is 0.183. The Morgan fingerprint density at radius 1 is 0.447 bits per heavy atom. The molecule has 2 heteroatoms. The Labute approximate surface area is 230 Å². The van der Waals surface area contributed by atoms with E-state index in [-0.39, 0.29) is 5.12 Å². The van der Waals surface area contributed by atoms with Gasteiger partial charge in [-0.25, -0.2) is 0 Å². The minimum absolute atomic E-state index is 0.113. The molecular weight excluding hydrogens is 480 g/mol. The highest BCUT2D eigenvalue weighted by molar-refractivity contribution is 8.13. The second kappa shape index (κ2) is 12.6. The molecule has 0 unspecified atom stereocenters. The van der Waals surface area contributed by atoms with Crippen LogP contribution in [-0.2, 0) is 30.5 Å². The van der Waals surface area contributed by atoms with Crippen LogP contribution in [0.3, 0.4) is 0 Å². The zero-order valence-corrected chi connectivity index (χ0v) is 22.6.